The molecule has 35 heavy (non-hydrogen) atoms. The zero-order valence-electron chi connectivity index (χ0n) is 19.1. The van der Waals surface area contributed by atoms with Crippen LogP contribution in [-0.4, -0.2) is 34.3 Å². The van der Waals surface area contributed by atoms with Gasteiger partial charge < -0.3 is 19.5 Å². The van der Waals surface area contributed by atoms with Gasteiger partial charge in [0.1, 0.15) is 17.2 Å². The molecule has 2 aliphatic rings. The summed E-state index contributed by atoms with van der Waals surface area (Å²) in [4.78, 5) is 31.2. The van der Waals surface area contributed by atoms with Gasteiger partial charge in [-0.15, -0.1) is 0 Å². The molecule has 0 fully saturated rings. The molecule has 10 heteroatoms. The predicted octanol–water partition coefficient (Wildman–Crippen LogP) is 5.39. The number of carbonyl (C=O) groups is 2. The third-order valence-electron chi connectivity index (χ3n) is 5.35. The Morgan fingerprint density at radius 1 is 1.06 bits per heavy atom. The molecule has 2 amide bonds. The Labute approximate surface area is 199 Å². The van der Waals surface area contributed by atoms with E-state index >= 15 is 0 Å². The molecule has 0 bridgehead atoms. The van der Waals surface area contributed by atoms with E-state index in [1.807, 2.05) is 0 Å². The fraction of sp³-hybridized carbons (Fsp3) is 0.240. The Bertz CT molecular complexity index is 1350. The molecule has 8 nitrogen and oxygen atoms in total. The first-order valence-corrected chi connectivity index (χ1v) is 10.8. The second-order valence-corrected chi connectivity index (χ2v) is 9.04. The minimum Gasteiger partial charge on any atom is -0.454 e. The van der Waals surface area contributed by atoms with Gasteiger partial charge in [0, 0.05) is 11.8 Å². The Hall–Kier alpha value is -4.21. The molecule has 3 heterocycles. The first-order chi connectivity index (χ1) is 16.6. The fourth-order valence-electron chi connectivity index (χ4n) is 3.87. The summed E-state index contributed by atoms with van der Waals surface area (Å²) in [5.41, 5.74) is -0.144. The molecular formula is C25H21F2N3O5. The number of aromatic nitrogens is 1. The highest BCUT2D eigenvalue weighted by Crippen LogP contribution is 2.39. The number of benzene rings is 2. The number of nitrogens with one attached hydrogen (secondary N) is 1. The van der Waals surface area contributed by atoms with Crippen molar-refractivity contribution in [2.75, 3.05) is 12.1 Å². The van der Waals surface area contributed by atoms with Crippen molar-refractivity contribution < 1.29 is 32.6 Å². The van der Waals surface area contributed by atoms with E-state index < -0.39 is 29.2 Å². The second-order valence-electron chi connectivity index (χ2n) is 9.04. The summed E-state index contributed by atoms with van der Waals surface area (Å²) in [5.74, 6) is -1.18. The third-order valence-corrected chi connectivity index (χ3v) is 5.35. The molecule has 1 aromatic heterocycles. The van der Waals surface area contributed by atoms with Gasteiger partial charge in [0.05, 0.1) is 34.7 Å². The van der Waals surface area contributed by atoms with E-state index in [4.69, 9.17) is 14.2 Å². The Morgan fingerprint density at radius 2 is 1.77 bits per heavy atom. The second kappa shape index (κ2) is 8.23. The number of hydrogen-bond acceptors (Lipinski definition) is 7. The number of hydrogen-bond donors (Lipinski definition) is 1. The Balaban J connectivity index is 1.60. The average molecular weight is 481 g/mol. The van der Waals surface area contributed by atoms with E-state index in [-0.39, 0.29) is 41.5 Å². The zero-order valence-corrected chi connectivity index (χ0v) is 19.1. The van der Waals surface area contributed by atoms with Crippen molar-refractivity contribution >= 4 is 23.4 Å². The van der Waals surface area contributed by atoms with Crippen LogP contribution in [0.1, 0.15) is 36.8 Å². The number of nitrogens with zero attached hydrogens (tertiary/aromatic N) is 2. The van der Waals surface area contributed by atoms with Gasteiger partial charge in [-0.2, -0.15) is 0 Å². The summed E-state index contributed by atoms with van der Waals surface area (Å²) in [6.07, 6.45) is -0.840. The number of rotatable bonds is 3. The molecule has 0 aliphatic carbocycles. The van der Waals surface area contributed by atoms with E-state index in [0.717, 1.165) is 17.0 Å². The number of amides is 2. The molecule has 0 unspecified atom stereocenters. The molecule has 5 rings (SSSR count). The number of fused-ring (bicyclic) bond motifs is 2. The molecule has 180 valence electrons. The van der Waals surface area contributed by atoms with Crippen molar-refractivity contribution in [2.24, 2.45) is 0 Å². The van der Waals surface area contributed by atoms with Gasteiger partial charge in [0.15, 0.2) is 11.5 Å². The summed E-state index contributed by atoms with van der Waals surface area (Å²) in [5, 5.41) is 3.10. The minimum absolute atomic E-state index is 0.0265. The van der Waals surface area contributed by atoms with E-state index in [0.29, 0.717) is 17.2 Å². The Kier molecular flexibility index (Phi) is 5.31. The van der Waals surface area contributed by atoms with Crippen LogP contribution in [0.4, 0.5) is 25.0 Å². The highest BCUT2D eigenvalue weighted by atomic mass is 19.1. The third kappa shape index (κ3) is 4.23. The number of pyridine rings is 1. The van der Waals surface area contributed by atoms with Crippen LogP contribution in [0.5, 0.6) is 11.5 Å². The number of ether oxygens (including phenoxy) is 3. The number of imide groups is 1. The molecule has 2 aromatic carbocycles. The molecule has 0 radical (unpaired) electrons. The maximum absolute atomic E-state index is 14.6. The average Bonchev–Trinajstić information content (AvgIpc) is 3.36. The first-order valence-electron chi connectivity index (χ1n) is 10.8. The Morgan fingerprint density at radius 3 is 2.49 bits per heavy atom. The van der Waals surface area contributed by atoms with Crippen LogP contribution in [0, 0.1) is 11.6 Å². The highest BCUT2D eigenvalue weighted by molar-refractivity contribution is 6.10. The van der Waals surface area contributed by atoms with Crippen molar-refractivity contribution in [2.45, 2.75) is 32.9 Å². The lowest BCUT2D eigenvalue weighted by Crippen LogP contribution is -2.37. The van der Waals surface area contributed by atoms with Crippen molar-refractivity contribution in [3.05, 3.63) is 65.4 Å². The van der Waals surface area contributed by atoms with E-state index in [2.05, 4.69) is 10.3 Å². The zero-order chi connectivity index (χ0) is 24.9. The lowest BCUT2D eigenvalue weighted by molar-refractivity contribution is 0.0247. The quantitative estimate of drug-likeness (QED) is 0.536. The monoisotopic (exact) mass is 481 g/mol. The molecule has 1 N–H and O–H groups in total. The van der Waals surface area contributed by atoms with Crippen molar-refractivity contribution in [1.29, 1.82) is 0 Å². The maximum atomic E-state index is 14.6. The van der Waals surface area contributed by atoms with E-state index in [9.17, 15) is 18.4 Å². The SMILES string of the molecule is CC(C)(C)OC(=O)N1Cc2nc(-c3c(F)cccc3F)cc(Nc3ccc4c(c3)OCO4)c2C1=O. The minimum atomic E-state index is -0.840. The molecule has 3 aromatic rings. The van der Waals surface area contributed by atoms with Gasteiger partial charge in [-0.25, -0.2) is 23.5 Å². The summed E-state index contributed by atoms with van der Waals surface area (Å²) in [7, 11) is 0. The molecule has 2 aliphatic heterocycles. The summed E-state index contributed by atoms with van der Waals surface area (Å²) < 4.78 is 45.2. The van der Waals surface area contributed by atoms with Gasteiger partial charge in [-0.1, -0.05) is 6.07 Å². The normalized spacial score (nSPS) is 14.2. The largest absolute Gasteiger partial charge is 0.454 e. The molecule has 0 spiro atoms. The predicted molar refractivity (Wildman–Crippen MR) is 122 cm³/mol. The lowest BCUT2D eigenvalue weighted by Gasteiger charge is -2.23. The smallest absolute Gasteiger partial charge is 0.417 e. The van der Waals surface area contributed by atoms with Gasteiger partial charge in [-0.3, -0.25) is 4.79 Å². The van der Waals surface area contributed by atoms with Crippen LogP contribution in [0.2, 0.25) is 0 Å². The van der Waals surface area contributed by atoms with Crippen molar-refractivity contribution in [3.8, 4) is 22.8 Å². The lowest BCUT2D eigenvalue weighted by atomic mass is 10.1. The summed E-state index contributed by atoms with van der Waals surface area (Å²) in [6.45, 7) is 4.93. The molecule has 0 saturated carbocycles. The van der Waals surface area contributed by atoms with Gasteiger partial charge in [0.25, 0.3) is 5.91 Å². The van der Waals surface area contributed by atoms with Crippen LogP contribution < -0.4 is 14.8 Å². The topological polar surface area (TPSA) is 90.0 Å². The van der Waals surface area contributed by atoms with Crippen LogP contribution in [0.15, 0.2) is 42.5 Å². The highest BCUT2D eigenvalue weighted by Gasteiger charge is 2.38. The number of halogens is 2. The summed E-state index contributed by atoms with van der Waals surface area (Å²) in [6, 6.07) is 9.94. The van der Waals surface area contributed by atoms with Crippen LogP contribution in [0.25, 0.3) is 11.3 Å². The van der Waals surface area contributed by atoms with Gasteiger partial charge in [-0.05, 0) is 51.1 Å². The first kappa shape index (κ1) is 22.6. The van der Waals surface area contributed by atoms with E-state index in [1.54, 1.807) is 39.0 Å². The fourth-order valence-corrected chi connectivity index (χ4v) is 3.87. The summed E-state index contributed by atoms with van der Waals surface area (Å²) >= 11 is 0. The van der Waals surface area contributed by atoms with Crippen LogP contribution >= 0.6 is 0 Å². The maximum Gasteiger partial charge on any atom is 0.417 e. The van der Waals surface area contributed by atoms with Crippen LogP contribution in [0.3, 0.4) is 0 Å². The van der Waals surface area contributed by atoms with Gasteiger partial charge >= 0.3 is 6.09 Å². The molecular weight excluding hydrogens is 460 g/mol. The van der Waals surface area contributed by atoms with Crippen molar-refractivity contribution in [3.63, 3.8) is 0 Å². The molecule has 0 atom stereocenters. The number of anilines is 2. The van der Waals surface area contributed by atoms with Crippen LogP contribution in [-0.2, 0) is 11.3 Å². The standard InChI is InChI=1S/C25H21F2N3O5/c1-25(2,3)35-24(32)30-11-18-22(23(30)31)17(28-13-7-8-19-20(9-13)34-12-33-19)10-16(29-18)21-14(26)5-4-6-15(21)27/h4-10H,11-12H2,1-3H3,(H,28,29). The number of carbonyl (C=O) groups excluding carboxylic acids is 2. The molecule has 0 saturated heterocycles. The van der Waals surface area contributed by atoms with Gasteiger partial charge in [0.2, 0.25) is 6.79 Å². The van der Waals surface area contributed by atoms with Crippen molar-refractivity contribution in [1.82, 2.24) is 9.88 Å². The van der Waals surface area contributed by atoms with E-state index in [1.165, 1.54) is 12.1 Å².